The molecule has 3 N–H and O–H groups in total. The predicted octanol–water partition coefficient (Wildman–Crippen LogP) is 4.43. The largest absolute Gasteiger partial charge is 0.483 e. The van der Waals surface area contributed by atoms with E-state index in [-0.39, 0.29) is 23.3 Å². The Hall–Kier alpha value is -3.56. The highest BCUT2D eigenvalue weighted by atomic mass is 35.5. The quantitative estimate of drug-likeness (QED) is 0.435. The molecule has 0 aliphatic carbocycles. The van der Waals surface area contributed by atoms with Crippen LogP contribution in [0.25, 0.3) is 0 Å². The van der Waals surface area contributed by atoms with Gasteiger partial charge in [-0.1, -0.05) is 11.6 Å². The molecule has 0 saturated heterocycles. The van der Waals surface area contributed by atoms with Gasteiger partial charge in [-0.2, -0.15) is 0 Å². The molecule has 2 amide bonds. The highest BCUT2D eigenvalue weighted by Gasteiger charge is 2.16. The molecule has 33 heavy (non-hydrogen) atoms. The fourth-order valence-corrected chi connectivity index (χ4v) is 4.13. The van der Waals surface area contributed by atoms with Crippen molar-refractivity contribution in [3.63, 3.8) is 0 Å². The molecular weight excluding hydrogens is 466 g/mol. The van der Waals surface area contributed by atoms with Gasteiger partial charge in [-0.05, 0) is 79.2 Å². The van der Waals surface area contributed by atoms with Crippen LogP contribution in [0.15, 0.2) is 71.6 Å². The van der Waals surface area contributed by atoms with E-state index in [1.165, 1.54) is 25.1 Å². The molecule has 8 nitrogen and oxygen atoms in total. The van der Waals surface area contributed by atoms with Crippen molar-refractivity contribution < 1.29 is 22.7 Å². The van der Waals surface area contributed by atoms with Gasteiger partial charge in [0.25, 0.3) is 15.9 Å². The van der Waals surface area contributed by atoms with Crippen LogP contribution in [0.3, 0.4) is 0 Å². The maximum absolute atomic E-state index is 12.6. The SMILES string of the molecule is CC(=O)Nc1ccc(NC(=O)COc2ccc(S(=O)(=O)Nc3ccc(Cl)cc3)cc2C)cc1. The number of carbonyl (C=O) groups is 2. The molecule has 0 atom stereocenters. The zero-order valence-corrected chi connectivity index (χ0v) is 19.5. The van der Waals surface area contributed by atoms with Crippen molar-refractivity contribution in [2.24, 2.45) is 0 Å². The monoisotopic (exact) mass is 487 g/mol. The Morgan fingerprint density at radius 3 is 2.03 bits per heavy atom. The molecule has 3 aromatic carbocycles. The van der Waals surface area contributed by atoms with Crippen LogP contribution in [0.5, 0.6) is 5.75 Å². The van der Waals surface area contributed by atoms with Gasteiger partial charge in [-0.3, -0.25) is 14.3 Å². The van der Waals surface area contributed by atoms with Crippen molar-refractivity contribution in [2.75, 3.05) is 22.0 Å². The molecule has 3 aromatic rings. The number of benzene rings is 3. The summed E-state index contributed by atoms with van der Waals surface area (Å²) in [6, 6.07) is 17.3. The van der Waals surface area contributed by atoms with Gasteiger partial charge < -0.3 is 15.4 Å². The van der Waals surface area contributed by atoms with E-state index in [9.17, 15) is 18.0 Å². The minimum absolute atomic E-state index is 0.0611. The summed E-state index contributed by atoms with van der Waals surface area (Å²) in [5.74, 6) is -0.186. The van der Waals surface area contributed by atoms with Gasteiger partial charge >= 0.3 is 0 Å². The molecule has 0 saturated carbocycles. The number of nitrogens with one attached hydrogen (secondary N) is 3. The minimum Gasteiger partial charge on any atom is -0.483 e. The van der Waals surface area contributed by atoms with Gasteiger partial charge in [-0.25, -0.2) is 8.42 Å². The number of ether oxygens (including phenoxy) is 1. The van der Waals surface area contributed by atoms with E-state index in [4.69, 9.17) is 16.3 Å². The number of hydrogen-bond donors (Lipinski definition) is 3. The summed E-state index contributed by atoms with van der Waals surface area (Å²) in [6.45, 7) is 2.84. The predicted molar refractivity (Wildman–Crippen MR) is 128 cm³/mol. The van der Waals surface area contributed by atoms with E-state index in [0.29, 0.717) is 33.4 Å². The van der Waals surface area contributed by atoms with Crippen LogP contribution in [-0.2, 0) is 19.6 Å². The average Bonchev–Trinajstić information content (AvgIpc) is 2.75. The lowest BCUT2D eigenvalue weighted by molar-refractivity contribution is -0.118. The van der Waals surface area contributed by atoms with E-state index in [2.05, 4.69) is 15.4 Å². The van der Waals surface area contributed by atoms with Crippen molar-refractivity contribution in [1.82, 2.24) is 0 Å². The van der Waals surface area contributed by atoms with Gasteiger partial charge in [0.2, 0.25) is 5.91 Å². The van der Waals surface area contributed by atoms with Crippen LogP contribution < -0.4 is 20.1 Å². The normalized spacial score (nSPS) is 10.9. The Morgan fingerprint density at radius 2 is 1.45 bits per heavy atom. The topological polar surface area (TPSA) is 114 Å². The second-order valence-electron chi connectivity index (χ2n) is 7.14. The number of amides is 2. The zero-order valence-electron chi connectivity index (χ0n) is 17.9. The molecule has 0 heterocycles. The van der Waals surface area contributed by atoms with Crippen molar-refractivity contribution in [3.05, 3.63) is 77.3 Å². The number of anilines is 3. The van der Waals surface area contributed by atoms with Crippen molar-refractivity contribution >= 4 is 50.5 Å². The lowest BCUT2D eigenvalue weighted by Crippen LogP contribution is -2.20. The van der Waals surface area contributed by atoms with E-state index < -0.39 is 10.0 Å². The van der Waals surface area contributed by atoms with Crippen LogP contribution >= 0.6 is 11.6 Å². The van der Waals surface area contributed by atoms with Gasteiger partial charge in [0, 0.05) is 29.0 Å². The maximum Gasteiger partial charge on any atom is 0.262 e. The van der Waals surface area contributed by atoms with Gasteiger partial charge in [0.05, 0.1) is 4.90 Å². The summed E-state index contributed by atoms with van der Waals surface area (Å²) in [6.07, 6.45) is 0. The molecule has 0 fully saturated rings. The van der Waals surface area contributed by atoms with Crippen LogP contribution in [-0.4, -0.2) is 26.8 Å². The van der Waals surface area contributed by atoms with Crippen molar-refractivity contribution in [2.45, 2.75) is 18.7 Å². The third-order valence-corrected chi connectivity index (χ3v) is 6.03. The summed E-state index contributed by atoms with van der Waals surface area (Å²) in [7, 11) is -3.80. The molecule has 0 aliphatic rings. The molecule has 3 rings (SSSR count). The van der Waals surface area contributed by atoms with Crippen molar-refractivity contribution in [1.29, 1.82) is 0 Å². The second-order valence-corrected chi connectivity index (χ2v) is 9.25. The standard InChI is InChI=1S/C23H22ClN3O5S/c1-15-13-21(33(30,31)27-20-5-3-17(24)4-6-20)11-12-22(15)32-14-23(29)26-19-9-7-18(8-10-19)25-16(2)28/h3-13,27H,14H2,1-2H3,(H,25,28)(H,26,29). The summed E-state index contributed by atoms with van der Waals surface area (Å²) in [4.78, 5) is 23.3. The van der Waals surface area contributed by atoms with E-state index >= 15 is 0 Å². The van der Waals surface area contributed by atoms with Crippen molar-refractivity contribution in [3.8, 4) is 5.75 Å². The first-order chi connectivity index (χ1) is 15.6. The van der Waals surface area contributed by atoms with Gasteiger partial charge in [0.1, 0.15) is 5.75 Å². The molecule has 0 radical (unpaired) electrons. The number of carbonyl (C=O) groups excluding carboxylic acids is 2. The first-order valence-electron chi connectivity index (χ1n) is 9.82. The average molecular weight is 488 g/mol. The first-order valence-corrected chi connectivity index (χ1v) is 11.7. The summed E-state index contributed by atoms with van der Waals surface area (Å²) in [5, 5.41) is 5.83. The molecule has 0 aliphatic heterocycles. The van der Waals surface area contributed by atoms with Crippen LogP contribution in [0.1, 0.15) is 12.5 Å². The number of aryl methyl sites for hydroxylation is 1. The highest BCUT2D eigenvalue weighted by molar-refractivity contribution is 7.92. The fraction of sp³-hybridized carbons (Fsp3) is 0.130. The van der Waals surface area contributed by atoms with E-state index in [0.717, 1.165) is 0 Å². The Labute approximate surface area is 197 Å². The third kappa shape index (κ3) is 6.96. The smallest absolute Gasteiger partial charge is 0.262 e. The number of halogens is 1. The van der Waals surface area contributed by atoms with Crippen LogP contribution in [0.2, 0.25) is 5.02 Å². The van der Waals surface area contributed by atoms with Crippen LogP contribution in [0, 0.1) is 6.92 Å². The van der Waals surface area contributed by atoms with Gasteiger partial charge in [0.15, 0.2) is 6.61 Å². The summed E-state index contributed by atoms with van der Waals surface area (Å²) >= 11 is 5.82. The molecular formula is C23H22ClN3O5S. The van der Waals surface area contributed by atoms with E-state index in [1.54, 1.807) is 55.5 Å². The maximum atomic E-state index is 12.6. The summed E-state index contributed by atoms with van der Waals surface area (Å²) < 4.78 is 33.3. The Kier molecular flexibility index (Phi) is 7.57. The Balaban J connectivity index is 1.59. The number of rotatable bonds is 8. The molecule has 10 heteroatoms. The van der Waals surface area contributed by atoms with Gasteiger partial charge in [-0.15, -0.1) is 0 Å². The van der Waals surface area contributed by atoms with E-state index in [1.807, 2.05) is 0 Å². The minimum atomic E-state index is -3.80. The lowest BCUT2D eigenvalue weighted by atomic mass is 10.2. The molecule has 0 aromatic heterocycles. The summed E-state index contributed by atoms with van der Waals surface area (Å²) in [5.41, 5.74) is 2.11. The number of hydrogen-bond acceptors (Lipinski definition) is 5. The van der Waals surface area contributed by atoms with Crippen LogP contribution in [0.4, 0.5) is 17.1 Å². The number of sulfonamides is 1. The third-order valence-electron chi connectivity index (χ3n) is 4.40. The molecule has 0 bridgehead atoms. The lowest BCUT2D eigenvalue weighted by Gasteiger charge is -2.12. The second kappa shape index (κ2) is 10.4. The molecule has 172 valence electrons. The molecule has 0 unspecified atom stereocenters. The highest BCUT2D eigenvalue weighted by Crippen LogP contribution is 2.24. The molecule has 0 spiro atoms. The zero-order chi connectivity index (χ0) is 24.0. The Bertz CT molecular complexity index is 1260. The Morgan fingerprint density at radius 1 is 0.879 bits per heavy atom. The fourth-order valence-electron chi connectivity index (χ4n) is 2.86. The first kappa shape index (κ1) is 24.1.